The van der Waals surface area contributed by atoms with Gasteiger partial charge in [-0.05, 0) is 28.1 Å². The number of hydrogen-bond acceptors (Lipinski definition) is 4. The predicted octanol–water partition coefficient (Wildman–Crippen LogP) is 3.59. The van der Waals surface area contributed by atoms with E-state index in [-0.39, 0.29) is 0 Å². The van der Waals surface area contributed by atoms with E-state index >= 15 is 0 Å². The summed E-state index contributed by atoms with van der Waals surface area (Å²) in [6.45, 7) is 0. The zero-order valence-electron chi connectivity index (χ0n) is 7.18. The molecule has 0 saturated heterocycles. The van der Waals surface area contributed by atoms with Crippen LogP contribution in [0.25, 0.3) is 0 Å². The van der Waals surface area contributed by atoms with Crippen LogP contribution in [0, 0.1) is 0 Å². The Bertz CT molecular complexity index is 386. The van der Waals surface area contributed by atoms with E-state index in [2.05, 4.69) is 25.9 Å². The van der Waals surface area contributed by atoms with Crippen molar-refractivity contribution in [2.75, 3.05) is 0 Å². The fourth-order valence-corrected chi connectivity index (χ4v) is 2.70. The van der Waals surface area contributed by atoms with Crippen LogP contribution in [0.2, 0.25) is 0 Å². The topological polar surface area (TPSA) is 25.8 Å². The highest BCUT2D eigenvalue weighted by molar-refractivity contribution is 9.10. The molecule has 0 aromatic carbocycles. The molecule has 0 bridgehead atoms. The van der Waals surface area contributed by atoms with E-state index in [1.54, 1.807) is 23.1 Å². The molecular weight excluding hydrogens is 280 g/mol. The Labute approximate surface area is 98.9 Å². The van der Waals surface area contributed by atoms with Crippen LogP contribution in [0.4, 0.5) is 0 Å². The molecule has 0 atom stereocenters. The van der Waals surface area contributed by atoms with Crippen LogP contribution in [-0.4, -0.2) is 9.97 Å². The summed E-state index contributed by atoms with van der Waals surface area (Å²) in [6, 6.07) is 4.02. The van der Waals surface area contributed by atoms with Gasteiger partial charge in [0, 0.05) is 28.0 Å². The summed E-state index contributed by atoms with van der Waals surface area (Å²) in [5.74, 6) is 0.876. The second kappa shape index (κ2) is 4.91. The van der Waals surface area contributed by atoms with Gasteiger partial charge in [0.1, 0.15) is 4.34 Å². The minimum absolute atomic E-state index is 0.876. The molecule has 0 saturated carbocycles. The Morgan fingerprint density at radius 1 is 1.36 bits per heavy atom. The lowest BCUT2D eigenvalue weighted by Gasteiger charge is -1.97. The molecule has 0 unspecified atom stereocenters. The quantitative estimate of drug-likeness (QED) is 0.807. The summed E-state index contributed by atoms with van der Waals surface area (Å²) in [4.78, 5) is 8.48. The van der Waals surface area contributed by atoms with Crippen molar-refractivity contribution in [1.82, 2.24) is 9.97 Å². The number of rotatable bonds is 3. The highest BCUT2D eigenvalue weighted by Crippen LogP contribution is 2.23. The molecule has 5 heteroatoms. The normalized spacial score (nSPS) is 10.4. The molecule has 14 heavy (non-hydrogen) atoms. The lowest BCUT2D eigenvalue weighted by Crippen LogP contribution is -1.84. The maximum atomic E-state index is 4.29. The Morgan fingerprint density at radius 3 is 2.93 bits per heavy atom. The second-order valence-corrected chi connectivity index (χ2v) is 5.59. The first-order valence-electron chi connectivity index (χ1n) is 3.97. The van der Waals surface area contributed by atoms with E-state index in [0.29, 0.717) is 0 Å². The third-order valence-corrected chi connectivity index (χ3v) is 4.01. The molecular formula is C9H7BrN2S2. The van der Waals surface area contributed by atoms with Crippen molar-refractivity contribution in [2.45, 2.75) is 10.1 Å². The zero-order chi connectivity index (χ0) is 9.80. The largest absolute Gasteiger partial charge is 0.259 e. The number of pyridine rings is 1. The fourth-order valence-electron chi connectivity index (χ4n) is 0.909. The van der Waals surface area contributed by atoms with Gasteiger partial charge in [0.05, 0.1) is 5.69 Å². The van der Waals surface area contributed by atoms with Crippen molar-refractivity contribution in [3.8, 4) is 0 Å². The van der Waals surface area contributed by atoms with Crippen LogP contribution >= 0.6 is 39.0 Å². The van der Waals surface area contributed by atoms with E-state index < -0.39 is 0 Å². The summed E-state index contributed by atoms with van der Waals surface area (Å²) >= 11 is 6.73. The fraction of sp³-hybridized carbons (Fsp3) is 0.111. The first-order chi connectivity index (χ1) is 6.84. The molecule has 0 aliphatic carbocycles. The molecule has 2 nitrogen and oxygen atoms in total. The van der Waals surface area contributed by atoms with Crippen LogP contribution in [0.15, 0.2) is 38.7 Å². The van der Waals surface area contributed by atoms with Crippen molar-refractivity contribution < 1.29 is 0 Å². The van der Waals surface area contributed by atoms with Crippen molar-refractivity contribution in [3.05, 3.63) is 40.1 Å². The molecule has 72 valence electrons. The third kappa shape index (κ3) is 2.80. The minimum Gasteiger partial charge on any atom is -0.259 e. The standard InChI is InChI=1S/C9H7BrN2S2/c10-7-1-2-8(12-5-7)6-14-9-11-3-4-13-9/h1-5H,6H2. The van der Waals surface area contributed by atoms with Gasteiger partial charge in [0.15, 0.2) is 0 Å². The maximum Gasteiger partial charge on any atom is 0.150 e. The van der Waals surface area contributed by atoms with Gasteiger partial charge in [-0.15, -0.1) is 11.3 Å². The number of hydrogen-bond donors (Lipinski definition) is 0. The van der Waals surface area contributed by atoms with Crippen molar-refractivity contribution in [3.63, 3.8) is 0 Å². The van der Waals surface area contributed by atoms with Gasteiger partial charge in [-0.2, -0.15) is 0 Å². The molecule has 0 fully saturated rings. The van der Waals surface area contributed by atoms with Crippen molar-refractivity contribution in [1.29, 1.82) is 0 Å². The van der Waals surface area contributed by atoms with Crippen LogP contribution in [0.5, 0.6) is 0 Å². The average Bonchev–Trinajstić information content (AvgIpc) is 2.70. The number of thioether (sulfide) groups is 1. The summed E-state index contributed by atoms with van der Waals surface area (Å²) in [5, 5.41) is 1.98. The molecule has 0 N–H and O–H groups in total. The number of halogens is 1. The minimum atomic E-state index is 0.876. The highest BCUT2D eigenvalue weighted by atomic mass is 79.9. The van der Waals surface area contributed by atoms with E-state index in [0.717, 1.165) is 20.3 Å². The molecule has 2 aromatic heterocycles. The zero-order valence-corrected chi connectivity index (χ0v) is 10.4. The Balaban J connectivity index is 1.95. The summed E-state index contributed by atoms with van der Waals surface area (Å²) in [7, 11) is 0. The van der Waals surface area contributed by atoms with Crippen LogP contribution in [-0.2, 0) is 5.75 Å². The molecule has 0 amide bonds. The summed E-state index contributed by atoms with van der Waals surface area (Å²) in [6.07, 6.45) is 3.64. The molecule has 0 aliphatic heterocycles. The molecule has 2 aromatic rings. The van der Waals surface area contributed by atoms with E-state index in [9.17, 15) is 0 Å². The summed E-state index contributed by atoms with van der Waals surface area (Å²) < 4.78 is 2.11. The van der Waals surface area contributed by atoms with Crippen LogP contribution in [0.3, 0.4) is 0 Å². The summed E-state index contributed by atoms with van der Waals surface area (Å²) in [5.41, 5.74) is 1.08. The molecule has 2 rings (SSSR count). The molecule has 2 heterocycles. The first-order valence-corrected chi connectivity index (χ1v) is 6.63. The van der Waals surface area contributed by atoms with E-state index in [1.807, 2.05) is 29.9 Å². The lowest BCUT2D eigenvalue weighted by atomic mass is 10.4. The third-order valence-electron chi connectivity index (χ3n) is 1.54. The van der Waals surface area contributed by atoms with Gasteiger partial charge in [-0.1, -0.05) is 11.8 Å². The van der Waals surface area contributed by atoms with Crippen LogP contribution < -0.4 is 0 Å². The molecule has 0 spiro atoms. The van der Waals surface area contributed by atoms with Crippen LogP contribution in [0.1, 0.15) is 5.69 Å². The van der Waals surface area contributed by atoms with Gasteiger partial charge in [-0.3, -0.25) is 4.98 Å². The second-order valence-electron chi connectivity index (χ2n) is 2.55. The lowest BCUT2D eigenvalue weighted by molar-refractivity contribution is 1.16. The Kier molecular flexibility index (Phi) is 3.55. The van der Waals surface area contributed by atoms with Gasteiger partial charge in [0.2, 0.25) is 0 Å². The maximum absolute atomic E-state index is 4.29. The molecule has 0 aliphatic rings. The monoisotopic (exact) mass is 286 g/mol. The van der Waals surface area contributed by atoms with Gasteiger partial charge >= 0.3 is 0 Å². The van der Waals surface area contributed by atoms with Gasteiger partial charge in [-0.25, -0.2) is 4.98 Å². The predicted molar refractivity (Wildman–Crippen MR) is 63.6 cm³/mol. The van der Waals surface area contributed by atoms with Crippen molar-refractivity contribution >= 4 is 39.0 Å². The number of aromatic nitrogens is 2. The SMILES string of the molecule is Brc1ccc(CSc2nccs2)nc1. The van der Waals surface area contributed by atoms with Gasteiger partial charge < -0.3 is 0 Å². The highest BCUT2D eigenvalue weighted by Gasteiger charge is 1.98. The van der Waals surface area contributed by atoms with Gasteiger partial charge in [0.25, 0.3) is 0 Å². The average molecular weight is 287 g/mol. The van der Waals surface area contributed by atoms with E-state index in [4.69, 9.17) is 0 Å². The van der Waals surface area contributed by atoms with Crippen molar-refractivity contribution in [2.24, 2.45) is 0 Å². The number of thiazole rings is 1. The smallest absolute Gasteiger partial charge is 0.150 e. The Hall–Kier alpha value is -0.390. The Morgan fingerprint density at radius 2 is 2.29 bits per heavy atom. The molecule has 0 radical (unpaired) electrons. The van der Waals surface area contributed by atoms with E-state index in [1.165, 1.54) is 0 Å². The first kappa shape index (κ1) is 10.1. The number of nitrogens with zero attached hydrogens (tertiary/aromatic N) is 2.